The molecule has 8 nitrogen and oxygen atoms in total. The minimum absolute atomic E-state index is 0.297. The molecule has 0 aliphatic heterocycles. The third-order valence-electron chi connectivity index (χ3n) is 5.00. The first kappa shape index (κ1) is 24.2. The number of ether oxygens (including phenoxy) is 1. The van der Waals surface area contributed by atoms with Gasteiger partial charge in [-0.25, -0.2) is 4.79 Å². The average molecular weight is 508 g/mol. The molecule has 0 saturated carbocycles. The quantitative estimate of drug-likeness (QED) is 0.302. The summed E-state index contributed by atoms with van der Waals surface area (Å²) >= 11 is 7.18. The lowest BCUT2D eigenvalue weighted by atomic mass is 10.1. The summed E-state index contributed by atoms with van der Waals surface area (Å²) < 4.78 is 5.13. The number of aromatic nitrogens is 2. The molecule has 3 amide bonds. The van der Waals surface area contributed by atoms with Gasteiger partial charge in [-0.05, 0) is 42.0 Å². The maximum absolute atomic E-state index is 13.1. The number of nitrogens with one attached hydrogen (secondary N) is 3. The number of hydrogen-bond acceptors (Lipinski definition) is 6. The van der Waals surface area contributed by atoms with Crippen LogP contribution in [0.3, 0.4) is 0 Å². The van der Waals surface area contributed by atoms with Gasteiger partial charge in [0.1, 0.15) is 16.8 Å². The molecule has 178 valence electrons. The van der Waals surface area contributed by atoms with Gasteiger partial charge in [-0.15, -0.1) is 10.2 Å². The Morgan fingerprint density at radius 1 is 0.943 bits per heavy atom. The van der Waals surface area contributed by atoms with Gasteiger partial charge in [-0.1, -0.05) is 65.4 Å². The number of halogens is 1. The van der Waals surface area contributed by atoms with Crippen LogP contribution in [0.1, 0.15) is 5.56 Å². The van der Waals surface area contributed by atoms with Crippen LogP contribution in [0.5, 0.6) is 5.75 Å². The topological polar surface area (TPSA) is 105 Å². The van der Waals surface area contributed by atoms with E-state index in [1.165, 1.54) is 11.3 Å². The third-order valence-corrected chi connectivity index (χ3v) is 6.14. The van der Waals surface area contributed by atoms with Crippen LogP contribution in [0.4, 0.5) is 15.6 Å². The molecule has 4 rings (SSSR count). The van der Waals surface area contributed by atoms with Crippen molar-refractivity contribution in [1.29, 1.82) is 0 Å². The van der Waals surface area contributed by atoms with Crippen LogP contribution in [0.25, 0.3) is 10.6 Å². The Bertz CT molecular complexity index is 1280. The van der Waals surface area contributed by atoms with E-state index in [-0.39, 0.29) is 0 Å². The summed E-state index contributed by atoms with van der Waals surface area (Å²) in [6.45, 7) is 0. The SMILES string of the molecule is COc1ccc(NC(=O)NC(Cc2ccccc2)C(=O)Nc2nnc(-c3ccc(Cl)cc3)s2)cc1. The highest BCUT2D eigenvalue weighted by molar-refractivity contribution is 7.18. The molecular weight excluding hydrogens is 486 g/mol. The van der Waals surface area contributed by atoms with Crippen molar-refractivity contribution < 1.29 is 14.3 Å². The molecule has 1 heterocycles. The number of urea groups is 1. The van der Waals surface area contributed by atoms with Crippen molar-refractivity contribution in [2.75, 3.05) is 17.7 Å². The fraction of sp³-hybridized carbons (Fsp3) is 0.120. The van der Waals surface area contributed by atoms with Crippen LogP contribution in [0.2, 0.25) is 5.02 Å². The number of carbonyl (C=O) groups excluding carboxylic acids is 2. The molecule has 35 heavy (non-hydrogen) atoms. The summed E-state index contributed by atoms with van der Waals surface area (Å²) in [4.78, 5) is 25.8. The normalized spacial score (nSPS) is 11.4. The van der Waals surface area contributed by atoms with Gasteiger partial charge >= 0.3 is 6.03 Å². The van der Waals surface area contributed by atoms with Crippen molar-refractivity contribution in [3.8, 4) is 16.3 Å². The van der Waals surface area contributed by atoms with Crippen molar-refractivity contribution >= 4 is 45.7 Å². The van der Waals surface area contributed by atoms with Crippen molar-refractivity contribution in [3.63, 3.8) is 0 Å². The number of anilines is 2. The van der Waals surface area contributed by atoms with E-state index in [0.29, 0.717) is 33.0 Å². The molecule has 0 fully saturated rings. The molecule has 1 aromatic heterocycles. The van der Waals surface area contributed by atoms with Crippen molar-refractivity contribution in [3.05, 3.63) is 89.4 Å². The van der Waals surface area contributed by atoms with Crippen LogP contribution in [0, 0.1) is 0 Å². The summed E-state index contributed by atoms with van der Waals surface area (Å²) in [5.74, 6) is 0.268. The summed E-state index contributed by atoms with van der Waals surface area (Å²) in [6.07, 6.45) is 0.297. The average Bonchev–Trinajstić information content (AvgIpc) is 3.33. The summed E-state index contributed by atoms with van der Waals surface area (Å²) in [7, 11) is 1.57. The van der Waals surface area contributed by atoms with Crippen LogP contribution >= 0.6 is 22.9 Å². The Hall–Kier alpha value is -3.95. The molecule has 0 aliphatic carbocycles. The van der Waals surface area contributed by atoms with Crippen LogP contribution in [-0.2, 0) is 11.2 Å². The summed E-state index contributed by atoms with van der Waals surface area (Å²) in [6, 6.07) is 22.2. The highest BCUT2D eigenvalue weighted by Gasteiger charge is 2.23. The van der Waals surface area contributed by atoms with Gasteiger partial charge in [0.2, 0.25) is 11.0 Å². The van der Waals surface area contributed by atoms with Crippen LogP contribution in [0.15, 0.2) is 78.9 Å². The van der Waals surface area contributed by atoms with Gasteiger partial charge in [0.05, 0.1) is 7.11 Å². The molecule has 1 unspecified atom stereocenters. The largest absolute Gasteiger partial charge is 0.497 e. The van der Waals surface area contributed by atoms with E-state index in [9.17, 15) is 9.59 Å². The predicted molar refractivity (Wildman–Crippen MR) is 138 cm³/mol. The minimum atomic E-state index is -0.849. The van der Waals surface area contributed by atoms with Gasteiger partial charge in [0.15, 0.2) is 0 Å². The lowest BCUT2D eigenvalue weighted by Gasteiger charge is -2.18. The number of nitrogens with zero attached hydrogens (tertiary/aromatic N) is 2. The molecule has 0 bridgehead atoms. The standard InChI is InChI=1S/C25H22ClN5O3S/c1-34-20-13-11-19(12-14-20)27-24(33)28-21(15-16-5-3-2-4-6-16)22(32)29-25-31-30-23(35-25)17-7-9-18(26)10-8-17/h2-14,21H,15H2,1H3,(H2,27,28,33)(H,29,31,32). The zero-order valence-electron chi connectivity index (χ0n) is 18.7. The zero-order valence-corrected chi connectivity index (χ0v) is 20.3. The number of hydrogen-bond donors (Lipinski definition) is 3. The van der Waals surface area contributed by atoms with Gasteiger partial charge in [-0.3, -0.25) is 10.1 Å². The zero-order chi connectivity index (χ0) is 24.6. The van der Waals surface area contributed by atoms with E-state index in [4.69, 9.17) is 16.3 Å². The van der Waals surface area contributed by atoms with Gasteiger partial charge in [0, 0.05) is 22.7 Å². The molecule has 0 saturated heterocycles. The minimum Gasteiger partial charge on any atom is -0.497 e. The molecule has 10 heteroatoms. The van der Waals surface area contributed by atoms with Gasteiger partial charge in [0.25, 0.3) is 0 Å². The second-order valence-electron chi connectivity index (χ2n) is 7.48. The highest BCUT2D eigenvalue weighted by Crippen LogP contribution is 2.27. The second-order valence-corrected chi connectivity index (χ2v) is 8.89. The lowest BCUT2D eigenvalue weighted by Crippen LogP contribution is -2.46. The Labute approximate surface area is 211 Å². The smallest absolute Gasteiger partial charge is 0.319 e. The van der Waals surface area contributed by atoms with E-state index in [0.717, 1.165) is 11.1 Å². The molecule has 1 atom stereocenters. The molecule has 4 aromatic rings. The molecule has 0 radical (unpaired) electrons. The molecule has 3 aromatic carbocycles. The van der Waals surface area contributed by atoms with E-state index in [2.05, 4.69) is 26.1 Å². The Morgan fingerprint density at radius 3 is 2.34 bits per heavy atom. The maximum Gasteiger partial charge on any atom is 0.319 e. The summed E-state index contributed by atoms with van der Waals surface area (Å²) in [5.41, 5.74) is 2.31. The Kier molecular flexibility index (Phi) is 7.92. The highest BCUT2D eigenvalue weighted by atomic mass is 35.5. The first-order valence-corrected chi connectivity index (χ1v) is 11.9. The van der Waals surface area contributed by atoms with Gasteiger partial charge < -0.3 is 15.4 Å². The van der Waals surface area contributed by atoms with Crippen molar-refractivity contribution in [1.82, 2.24) is 15.5 Å². The van der Waals surface area contributed by atoms with Crippen molar-refractivity contribution in [2.24, 2.45) is 0 Å². The number of methoxy groups -OCH3 is 1. The maximum atomic E-state index is 13.1. The lowest BCUT2D eigenvalue weighted by molar-refractivity contribution is -0.117. The number of amides is 3. The van der Waals surface area contributed by atoms with E-state index >= 15 is 0 Å². The Balaban J connectivity index is 1.45. The second kappa shape index (κ2) is 11.5. The van der Waals surface area contributed by atoms with E-state index in [1.807, 2.05) is 42.5 Å². The first-order chi connectivity index (χ1) is 17.0. The van der Waals surface area contributed by atoms with E-state index in [1.54, 1.807) is 43.5 Å². The summed E-state index contributed by atoms with van der Waals surface area (Å²) in [5, 5.41) is 18.1. The molecule has 0 aliphatic rings. The third kappa shape index (κ3) is 6.78. The van der Waals surface area contributed by atoms with Crippen molar-refractivity contribution in [2.45, 2.75) is 12.5 Å². The first-order valence-electron chi connectivity index (χ1n) is 10.7. The molecule has 0 spiro atoms. The fourth-order valence-electron chi connectivity index (χ4n) is 3.23. The number of rotatable bonds is 8. The number of carbonyl (C=O) groups is 2. The predicted octanol–water partition coefficient (Wildman–Crippen LogP) is 5.24. The molecule has 3 N–H and O–H groups in total. The number of benzene rings is 3. The monoisotopic (exact) mass is 507 g/mol. The van der Waals surface area contributed by atoms with E-state index < -0.39 is 18.0 Å². The van der Waals surface area contributed by atoms with Crippen LogP contribution in [-0.4, -0.2) is 35.3 Å². The van der Waals surface area contributed by atoms with Crippen LogP contribution < -0.4 is 20.7 Å². The van der Waals surface area contributed by atoms with Gasteiger partial charge in [-0.2, -0.15) is 0 Å². The fourth-order valence-corrected chi connectivity index (χ4v) is 4.11. The Morgan fingerprint density at radius 2 is 1.66 bits per heavy atom. The molecular formula is C25H22ClN5O3S.